The highest BCUT2D eigenvalue weighted by Crippen LogP contribution is 2.26. The zero-order valence-corrected chi connectivity index (χ0v) is 11.6. The largest absolute Gasteiger partial charge is 0.507 e. The molecule has 5 heteroatoms. The van der Waals surface area contributed by atoms with Crippen molar-refractivity contribution in [3.05, 3.63) is 71.1 Å². The summed E-state index contributed by atoms with van der Waals surface area (Å²) < 4.78 is 0. The van der Waals surface area contributed by atoms with Crippen LogP contribution < -0.4 is 0 Å². The average Bonchev–Trinajstić information content (AvgIpc) is 3.00. The predicted molar refractivity (Wildman–Crippen MR) is 80.6 cm³/mol. The summed E-state index contributed by atoms with van der Waals surface area (Å²) in [5.41, 5.74) is 2.38. The van der Waals surface area contributed by atoms with Gasteiger partial charge in [0.25, 0.3) is 0 Å². The first-order valence-corrected chi connectivity index (χ1v) is 6.65. The van der Waals surface area contributed by atoms with Crippen LogP contribution in [0.5, 0.6) is 5.75 Å². The molecule has 0 atom stereocenters. The highest BCUT2D eigenvalue weighted by Gasteiger charge is 2.16. The Kier molecular flexibility index (Phi) is 3.46. The number of hydrogen-bond acceptors (Lipinski definition) is 3. The van der Waals surface area contributed by atoms with Gasteiger partial charge in [0.2, 0.25) is 0 Å². The lowest BCUT2D eigenvalue weighted by Gasteiger charge is -2.02. The molecule has 2 N–H and O–H groups in total. The second-order valence-electron chi connectivity index (χ2n) is 4.53. The van der Waals surface area contributed by atoms with Gasteiger partial charge in [0.1, 0.15) is 5.75 Å². The number of benzene rings is 1. The number of ketones is 1. The molecule has 0 unspecified atom stereocenters. The Morgan fingerprint density at radius 3 is 2.67 bits per heavy atom. The Bertz CT molecular complexity index is 797. The van der Waals surface area contributed by atoms with E-state index in [9.17, 15) is 9.90 Å². The minimum Gasteiger partial charge on any atom is -0.507 e. The fourth-order valence-corrected chi connectivity index (χ4v) is 2.24. The number of halogens is 1. The fourth-order valence-electron chi connectivity index (χ4n) is 2.07. The van der Waals surface area contributed by atoms with Gasteiger partial charge in [-0.05, 0) is 36.4 Å². The molecule has 0 aliphatic carbocycles. The maximum atomic E-state index is 12.4. The molecular formula is C16H11ClN2O2. The Morgan fingerprint density at radius 2 is 1.90 bits per heavy atom. The molecule has 2 heterocycles. The standard InChI is InChI=1S/C16H11ClN2O2/c17-12-1-2-15(20)13(8-12)16(21)11-7-14(19-9-11)10-3-5-18-6-4-10/h1-9,19-20H. The van der Waals surface area contributed by atoms with E-state index in [-0.39, 0.29) is 17.1 Å². The lowest BCUT2D eigenvalue weighted by Crippen LogP contribution is -2.00. The number of aromatic amines is 1. The highest BCUT2D eigenvalue weighted by atomic mass is 35.5. The number of pyridine rings is 1. The van der Waals surface area contributed by atoms with Gasteiger partial charge in [-0.2, -0.15) is 0 Å². The van der Waals surface area contributed by atoms with Gasteiger partial charge in [0.05, 0.1) is 5.56 Å². The zero-order valence-electron chi connectivity index (χ0n) is 10.9. The smallest absolute Gasteiger partial charge is 0.198 e. The van der Waals surface area contributed by atoms with Gasteiger partial charge in [0, 0.05) is 40.4 Å². The van der Waals surface area contributed by atoms with Crippen molar-refractivity contribution in [2.75, 3.05) is 0 Å². The summed E-state index contributed by atoms with van der Waals surface area (Å²) in [5, 5.41) is 10.2. The number of aromatic nitrogens is 2. The first-order valence-electron chi connectivity index (χ1n) is 6.27. The van der Waals surface area contributed by atoms with Gasteiger partial charge in [-0.3, -0.25) is 9.78 Å². The van der Waals surface area contributed by atoms with Crippen molar-refractivity contribution in [3.8, 4) is 17.0 Å². The Hall–Kier alpha value is -2.59. The van der Waals surface area contributed by atoms with E-state index in [0.717, 1.165) is 11.3 Å². The number of carbonyl (C=O) groups excluding carboxylic acids is 1. The molecule has 0 saturated carbocycles. The van der Waals surface area contributed by atoms with E-state index in [1.807, 2.05) is 12.1 Å². The molecule has 0 spiro atoms. The molecule has 3 aromatic rings. The van der Waals surface area contributed by atoms with Crippen LogP contribution in [-0.2, 0) is 0 Å². The third-order valence-corrected chi connectivity index (χ3v) is 3.37. The molecule has 0 saturated heterocycles. The molecular weight excluding hydrogens is 288 g/mol. The highest BCUT2D eigenvalue weighted by molar-refractivity contribution is 6.31. The van der Waals surface area contributed by atoms with Crippen LogP contribution in [0.15, 0.2) is 55.0 Å². The summed E-state index contributed by atoms with van der Waals surface area (Å²) in [5.74, 6) is -0.373. The van der Waals surface area contributed by atoms with Crippen LogP contribution in [-0.4, -0.2) is 20.9 Å². The first-order chi connectivity index (χ1) is 10.1. The number of carbonyl (C=O) groups is 1. The third-order valence-electron chi connectivity index (χ3n) is 3.14. The summed E-state index contributed by atoms with van der Waals surface area (Å²) in [6.45, 7) is 0. The van der Waals surface area contributed by atoms with Crippen LogP contribution in [0.2, 0.25) is 5.02 Å². The molecule has 1 aromatic carbocycles. The molecule has 3 rings (SSSR count). The van der Waals surface area contributed by atoms with E-state index < -0.39 is 0 Å². The van der Waals surface area contributed by atoms with E-state index in [2.05, 4.69) is 9.97 Å². The molecule has 104 valence electrons. The van der Waals surface area contributed by atoms with Crippen LogP contribution in [0, 0.1) is 0 Å². The van der Waals surface area contributed by atoms with Gasteiger partial charge >= 0.3 is 0 Å². The Balaban J connectivity index is 1.96. The monoisotopic (exact) mass is 298 g/mol. The summed E-state index contributed by atoms with van der Waals surface area (Å²) in [6.07, 6.45) is 4.97. The van der Waals surface area contributed by atoms with E-state index in [4.69, 9.17) is 11.6 Å². The summed E-state index contributed by atoms with van der Waals surface area (Å²) in [4.78, 5) is 19.4. The zero-order chi connectivity index (χ0) is 14.8. The molecule has 0 fully saturated rings. The number of phenols is 1. The van der Waals surface area contributed by atoms with Crippen molar-refractivity contribution in [1.29, 1.82) is 0 Å². The van der Waals surface area contributed by atoms with Crippen LogP contribution >= 0.6 is 11.6 Å². The molecule has 0 amide bonds. The molecule has 0 aliphatic rings. The van der Waals surface area contributed by atoms with Crippen molar-refractivity contribution in [1.82, 2.24) is 9.97 Å². The topological polar surface area (TPSA) is 66.0 Å². The quantitative estimate of drug-likeness (QED) is 0.725. The Labute approximate surface area is 126 Å². The van der Waals surface area contributed by atoms with Crippen molar-refractivity contribution < 1.29 is 9.90 Å². The second-order valence-corrected chi connectivity index (χ2v) is 4.96. The third kappa shape index (κ3) is 2.66. The van der Waals surface area contributed by atoms with Crippen LogP contribution in [0.3, 0.4) is 0 Å². The molecule has 2 aromatic heterocycles. The van der Waals surface area contributed by atoms with Crippen molar-refractivity contribution in [3.63, 3.8) is 0 Å². The summed E-state index contributed by atoms with van der Waals surface area (Å²) >= 11 is 5.87. The summed E-state index contributed by atoms with van der Waals surface area (Å²) in [6, 6.07) is 9.82. The Morgan fingerprint density at radius 1 is 1.14 bits per heavy atom. The number of hydrogen-bond donors (Lipinski definition) is 2. The lowest BCUT2D eigenvalue weighted by atomic mass is 10.0. The number of rotatable bonds is 3. The average molecular weight is 299 g/mol. The minimum absolute atomic E-state index is 0.0870. The first kappa shape index (κ1) is 13.4. The minimum atomic E-state index is -0.286. The number of aromatic hydroxyl groups is 1. The van der Waals surface area contributed by atoms with Gasteiger partial charge < -0.3 is 10.1 Å². The van der Waals surface area contributed by atoms with Crippen LogP contribution in [0.25, 0.3) is 11.3 Å². The van der Waals surface area contributed by atoms with Gasteiger partial charge in [0.15, 0.2) is 5.78 Å². The van der Waals surface area contributed by atoms with E-state index in [0.29, 0.717) is 10.6 Å². The number of H-pyrrole nitrogens is 1. The van der Waals surface area contributed by atoms with E-state index in [1.165, 1.54) is 18.2 Å². The molecule has 4 nitrogen and oxygen atoms in total. The number of nitrogens with one attached hydrogen (secondary N) is 1. The lowest BCUT2D eigenvalue weighted by molar-refractivity contribution is 0.103. The molecule has 0 aliphatic heterocycles. The maximum absolute atomic E-state index is 12.4. The van der Waals surface area contributed by atoms with Crippen LogP contribution in [0.1, 0.15) is 15.9 Å². The van der Waals surface area contributed by atoms with Gasteiger partial charge in [-0.1, -0.05) is 11.6 Å². The fraction of sp³-hybridized carbons (Fsp3) is 0. The van der Waals surface area contributed by atoms with Gasteiger partial charge in [-0.15, -0.1) is 0 Å². The number of nitrogens with zero attached hydrogens (tertiary/aromatic N) is 1. The molecule has 21 heavy (non-hydrogen) atoms. The SMILES string of the molecule is O=C(c1c[nH]c(-c2ccncc2)c1)c1cc(Cl)ccc1O. The van der Waals surface area contributed by atoms with Crippen LogP contribution in [0.4, 0.5) is 0 Å². The number of phenolic OH excluding ortho intramolecular Hbond substituents is 1. The van der Waals surface area contributed by atoms with Crippen molar-refractivity contribution >= 4 is 17.4 Å². The maximum Gasteiger partial charge on any atom is 0.198 e. The summed E-state index contributed by atoms with van der Waals surface area (Å²) in [7, 11) is 0. The van der Waals surface area contributed by atoms with Crippen molar-refractivity contribution in [2.45, 2.75) is 0 Å². The van der Waals surface area contributed by atoms with E-state index >= 15 is 0 Å². The van der Waals surface area contributed by atoms with E-state index in [1.54, 1.807) is 24.7 Å². The second kappa shape index (κ2) is 5.42. The predicted octanol–water partition coefficient (Wildman–Crippen LogP) is 3.67. The molecule has 0 bridgehead atoms. The molecule has 0 radical (unpaired) electrons. The van der Waals surface area contributed by atoms with Crippen molar-refractivity contribution in [2.24, 2.45) is 0 Å². The van der Waals surface area contributed by atoms with Gasteiger partial charge in [-0.25, -0.2) is 0 Å². The normalized spacial score (nSPS) is 10.5.